The van der Waals surface area contributed by atoms with Gasteiger partial charge >= 0.3 is 11.9 Å². The first-order chi connectivity index (χ1) is 15.0. The Morgan fingerprint density at radius 3 is 2.16 bits per heavy atom. The van der Waals surface area contributed by atoms with Gasteiger partial charge in [0.1, 0.15) is 62.0 Å². The second-order valence-electron chi connectivity index (χ2n) is 7.34. The van der Waals surface area contributed by atoms with Crippen molar-refractivity contribution in [3.63, 3.8) is 0 Å². The Hall–Kier alpha value is -1.50. The molecule has 0 spiro atoms. The molecule has 2 heterocycles. The van der Waals surface area contributed by atoms with E-state index in [0.29, 0.717) is 0 Å². The highest BCUT2D eigenvalue weighted by Gasteiger charge is 2.58. The van der Waals surface area contributed by atoms with Crippen molar-refractivity contribution in [2.45, 2.75) is 67.8 Å². The first-order valence-electron chi connectivity index (χ1n) is 9.60. The largest absolute Gasteiger partial charge is 0.460 e. The summed E-state index contributed by atoms with van der Waals surface area (Å²) in [5.41, 5.74) is 0. The smallest absolute Gasteiger partial charge is 0.344 e. The molecule has 10 atom stereocenters. The molecule has 186 valence electrons. The lowest BCUT2D eigenvalue weighted by Crippen LogP contribution is -2.62. The molecule has 0 radical (unpaired) electrons. The van der Waals surface area contributed by atoms with Crippen LogP contribution in [-0.4, -0.2) is 140 Å². The van der Waals surface area contributed by atoms with Gasteiger partial charge in [0.05, 0.1) is 6.61 Å². The lowest BCUT2D eigenvalue weighted by molar-refractivity contribution is -0.383. The zero-order valence-electron chi connectivity index (χ0n) is 17.0. The summed E-state index contributed by atoms with van der Waals surface area (Å²) < 4.78 is 25.0. The summed E-state index contributed by atoms with van der Waals surface area (Å²) in [5.74, 6) is -4.50. The summed E-state index contributed by atoms with van der Waals surface area (Å²) in [6.07, 6.45) is -15.3. The van der Waals surface area contributed by atoms with Crippen molar-refractivity contribution in [1.29, 1.82) is 0 Å². The molecule has 0 aromatic heterocycles. The third-order valence-electron chi connectivity index (χ3n) is 4.97. The van der Waals surface area contributed by atoms with E-state index in [0.717, 1.165) is 6.92 Å². The van der Waals surface area contributed by atoms with Gasteiger partial charge in [0.2, 0.25) is 5.79 Å². The van der Waals surface area contributed by atoms with Gasteiger partial charge in [-0.1, -0.05) is 0 Å². The van der Waals surface area contributed by atoms with Crippen molar-refractivity contribution in [1.82, 2.24) is 0 Å². The molecule has 0 aromatic rings. The predicted octanol–water partition coefficient (Wildman–Crippen LogP) is -5.92. The number of ether oxygens (including phenoxy) is 5. The molecule has 32 heavy (non-hydrogen) atoms. The van der Waals surface area contributed by atoms with Crippen molar-refractivity contribution in [3.8, 4) is 0 Å². The molecule has 0 aliphatic carbocycles. The molecule has 8 N–H and O–H groups in total. The van der Waals surface area contributed by atoms with Gasteiger partial charge in [0.15, 0.2) is 12.9 Å². The van der Waals surface area contributed by atoms with Gasteiger partial charge in [-0.25, -0.2) is 9.59 Å². The number of hydrogen-bond donors (Lipinski definition) is 8. The van der Waals surface area contributed by atoms with Crippen LogP contribution in [0.4, 0.5) is 0 Å². The van der Waals surface area contributed by atoms with Gasteiger partial charge in [0.25, 0.3) is 0 Å². The Labute approximate surface area is 181 Å². The van der Waals surface area contributed by atoms with Crippen molar-refractivity contribution in [2.24, 2.45) is 0 Å². The Balaban J connectivity index is 2.02. The highest BCUT2D eigenvalue weighted by molar-refractivity contribution is 5.78. The minimum atomic E-state index is -2.35. The van der Waals surface area contributed by atoms with E-state index in [2.05, 4.69) is 4.74 Å². The third-order valence-corrected chi connectivity index (χ3v) is 4.97. The zero-order chi connectivity index (χ0) is 24.2. The minimum Gasteiger partial charge on any atom is -0.460 e. The number of esters is 2. The maximum Gasteiger partial charge on any atom is 0.344 e. The van der Waals surface area contributed by atoms with Crippen molar-refractivity contribution < 1.29 is 74.1 Å². The maximum atomic E-state index is 11.7. The summed E-state index contributed by atoms with van der Waals surface area (Å²) in [6, 6.07) is 0. The fourth-order valence-electron chi connectivity index (χ4n) is 3.09. The van der Waals surface area contributed by atoms with E-state index >= 15 is 0 Å². The summed E-state index contributed by atoms with van der Waals surface area (Å²) in [5, 5.41) is 78.3. The molecular weight excluding hydrogens is 444 g/mol. The van der Waals surface area contributed by atoms with Crippen LogP contribution in [0.5, 0.6) is 0 Å². The second-order valence-corrected chi connectivity index (χ2v) is 7.34. The molecule has 1 unspecified atom stereocenters. The highest BCUT2D eigenvalue weighted by atomic mass is 16.8. The topological polar surface area (TPSA) is 242 Å². The number of carbonyl (C=O) groups is 2. The van der Waals surface area contributed by atoms with Crippen molar-refractivity contribution in [2.75, 3.05) is 26.4 Å². The van der Waals surface area contributed by atoms with Crippen LogP contribution in [0.25, 0.3) is 0 Å². The van der Waals surface area contributed by atoms with Crippen LogP contribution in [0.3, 0.4) is 0 Å². The van der Waals surface area contributed by atoms with E-state index in [-0.39, 0.29) is 0 Å². The second kappa shape index (κ2) is 11.1. The summed E-state index contributed by atoms with van der Waals surface area (Å²) in [7, 11) is 0. The molecule has 2 rings (SSSR count). The molecule has 15 heteroatoms. The van der Waals surface area contributed by atoms with Gasteiger partial charge in [-0.2, -0.15) is 0 Å². The average Bonchev–Trinajstić information content (AvgIpc) is 3.01. The fraction of sp³-hybridized carbons (Fsp3) is 0.882. The Morgan fingerprint density at radius 2 is 1.62 bits per heavy atom. The normalized spacial score (nSPS) is 40.7. The Kier molecular flexibility index (Phi) is 9.26. The lowest BCUT2D eigenvalue weighted by Gasteiger charge is -2.43. The molecule has 2 aliphatic heterocycles. The van der Waals surface area contributed by atoms with Gasteiger partial charge in [-0.3, -0.25) is 0 Å². The van der Waals surface area contributed by atoms with Crippen LogP contribution in [-0.2, 0) is 33.3 Å². The van der Waals surface area contributed by atoms with Crippen LogP contribution in [0.2, 0.25) is 0 Å². The quantitative estimate of drug-likeness (QED) is 0.146. The van der Waals surface area contributed by atoms with E-state index in [1.54, 1.807) is 0 Å². The molecule has 0 aromatic carbocycles. The summed E-state index contributed by atoms with van der Waals surface area (Å²) in [4.78, 5) is 22.8. The first kappa shape index (κ1) is 26.7. The third kappa shape index (κ3) is 5.70. The van der Waals surface area contributed by atoms with Gasteiger partial charge in [-0.15, -0.1) is 0 Å². The number of aliphatic hydroxyl groups is 8. The molecule has 0 bridgehead atoms. The van der Waals surface area contributed by atoms with E-state index < -0.39 is 99.3 Å². The van der Waals surface area contributed by atoms with E-state index in [1.807, 2.05) is 0 Å². The molecule has 2 fully saturated rings. The van der Waals surface area contributed by atoms with Crippen molar-refractivity contribution in [3.05, 3.63) is 0 Å². The van der Waals surface area contributed by atoms with Crippen LogP contribution < -0.4 is 0 Å². The monoisotopic (exact) mass is 472 g/mol. The van der Waals surface area contributed by atoms with Gasteiger partial charge in [-0.05, 0) is 6.92 Å². The molecular formula is C17H28O15. The number of hydrogen-bond acceptors (Lipinski definition) is 15. The molecule has 2 aliphatic rings. The number of aliphatic hydroxyl groups excluding tert-OH is 8. The lowest BCUT2D eigenvalue weighted by atomic mass is 9.99. The SMILES string of the molecule is CC(O)C(=O)OCC(=O)OC[C@H]1O[C@H](O[C@]2(CO)O[C@H](CO)[C@@H](O)[C@@H]2O)[C@H](O)[C@@H](O)[C@@H]1O. The highest BCUT2D eigenvalue weighted by Crippen LogP contribution is 2.36. The van der Waals surface area contributed by atoms with Crippen LogP contribution in [0.1, 0.15) is 6.92 Å². The van der Waals surface area contributed by atoms with Crippen LogP contribution in [0.15, 0.2) is 0 Å². The number of rotatable bonds is 9. The van der Waals surface area contributed by atoms with E-state index in [9.17, 15) is 45.3 Å². The number of carbonyl (C=O) groups excluding carboxylic acids is 2. The summed E-state index contributed by atoms with van der Waals surface area (Å²) in [6.45, 7) is -2.23. The van der Waals surface area contributed by atoms with E-state index in [1.165, 1.54) is 0 Å². The molecule has 0 saturated carbocycles. The first-order valence-corrected chi connectivity index (χ1v) is 9.60. The van der Waals surface area contributed by atoms with Crippen molar-refractivity contribution >= 4 is 11.9 Å². The molecule has 2 saturated heterocycles. The molecule has 0 amide bonds. The Bertz CT molecular complexity index is 643. The zero-order valence-corrected chi connectivity index (χ0v) is 17.0. The van der Waals surface area contributed by atoms with Gasteiger partial charge in [0, 0.05) is 0 Å². The van der Waals surface area contributed by atoms with E-state index in [4.69, 9.17) is 24.1 Å². The average molecular weight is 472 g/mol. The predicted molar refractivity (Wildman–Crippen MR) is 95.2 cm³/mol. The fourth-order valence-corrected chi connectivity index (χ4v) is 3.09. The maximum absolute atomic E-state index is 11.7. The summed E-state index contributed by atoms with van der Waals surface area (Å²) >= 11 is 0. The van der Waals surface area contributed by atoms with Crippen LogP contribution >= 0.6 is 0 Å². The molecule has 15 nitrogen and oxygen atoms in total. The Morgan fingerprint density at radius 1 is 0.969 bits per heavy atom. The minimum absolute atomic E-state index is 0.701. The van der Waals surface area contributed by atoms with Gasteiger partial charge < -0.3 is 64.5 Å². The van der Waals surface area contributed by atoms with Crippen LogP contribution in [0, 0.1) is 0 Å². The standard InChI is InChI=1S/C17H28O15/c1-6(20)15(27)29-4-9(21)28-3-8-10(22)12(24)13(25)16(30-8)32-17(5-19)14(26)11(23)7(2-18)31-17/h6-8,10-14,16,18-20,22-26H,2-5H2,1H3/t6?,7-,8-,10-,11-,12+,13-,14+,16-,17+/m1/s1.